The van der Waals surface area contributed by atoms with Crippen LogP contribution in [0.15, 0.2) is 16.8 Å². The van der Waals surface area contributed by atoms with Crippen molar-refractivity contribution >= 4 is 17.2 Å². The first-order valence-corrected chi connectivity index (χ1v) is 9.77. The number of carbonyl (C=O) groups is 1. The molecule has 0 saturated carbocycles. The second-order valence-corrected chi connectivity index (χ2v) is 8.07. The first-order chi connectivity index (χ1) is 11.5. The Bertz CT molecular complexity index is 526. The molecule has 4 atom stereocenters. The van der Waals surface area contributed by atoms with Crippen molar-refractivity contribution in [3.63, 3.8) is 0 Å². The number of nitrogens with zero attached hydrogens (tertiary/aromatic N) is 2. The molecule has 2 aliphatic heterocycles. The smallest absolute Gasteiger partial charge is 0.227 e. The Hall–Kier alpha value is -0.950. The molecule has 24 heavy (non-hydrogen) atoms. The van der Waals surface area contributed by atoms with Crippen molar-refractivity contribution in [3.8, 4) is 0 Å². The van der Waals surface area contributed by atoms with Gasteiger partial charge >= 0.3 is 0 Å². The summed E-state index contributed by atoms with van der Waals surface area (Å²) in [5.41, 5.74) is 1.09. The summed E-state index contributed by atoms with van der Waals surface area (Å²) < 4.78 is 5.80. The number of ether oxygens (including phenoxy) is 1. The highest BCUT2D eigenvalue weighted by Gasteiger charge is 2.36. The summed E-state index contributed by atoms with van der Waals surface area (Å²) in [5.74, 6) is 0.710. The fraction of sp³-hybridized carbons (Fsp3) is 0.722. The number of thiophene rings is 1. The summed E-state index contributed by atoms with van der Waals surface area (Å²) in [4.78, 5) is 16.9. The number of carbonyl (C=O) groups excluding carboxylic acids is 1. The molecule has 0 radical (unpaired) electrons. The molecule has 0 spiro atoms. The van der Waals surface area contributed by atoms with Gasteiger partial charge in [-0.25, -0.2) is 0 Å². The van der Waals surface area contributed by atoms with Crippen molar-refractivity contribution in [3.05, 3.63) is 22.4 Å². The minimum absolute atomic E-state index is 0.155. The number of morpholine rings is 1. The molecule has 1 aromatic heterocycles. The normalized spacial score (nSPS) is 31.5. The molecule has 1 N–H and O–H groups in total. The number of aliphatic hydroxyl groups excluding tert-OH is 1. The van der Waals surface area contributed by atoms with E-state index in [0.29, 0.717) is 18.9 Å². The Labute approximate surface area is 148 Å². The van der Waals surface area contributed by atoms with Crippen molar-refractivity contribution in [2.75, 3.05) is 39.3 Å². The highest BCUT2D eigenvalue weighted by Crippen LogP contribution is 2.26. The largest absolute Gasteiger partial charge is 0.396 e. The number of aliphatic hydroxyl groups is 1. The van der Waals surface area contributed by atoms with Crippen LogP contribution in [0.25, 0.3) is 0 Å². The average Bonchev–Trinajstić information content (AvgIpc) is 3.15. The molecular weight excluding hydrogens is 324 g/mol. The number of hydrogen-bond acceptors (Lipinski definition) is 5. The van der Waals surface area contributed by atoms with E-state index in [1.807, 2.05) is 21.7 Å². The quantitative estimate of drug-likeness (QED) is 0.872. The van der Waals surface area contributed by atoms with E-state index >= 15 is 0 Å². The molecule has 1 aromatic rings. The number of likely N-dealkylation sites (tertiary alicyclic amines) is 1. The van der Waals surface area contributed by atoms with Crippen LogP contribution in [-0.4, -0.2) is 72.4 Å². The molecule has 3 rings (SSSR count). The van der Waals surface area contributed by atoms with Gasteiger partial charge in [0.05, 0.1) is 18.6 Å². The zero-order valence-corrected chi connectivity index (χ0v) is 15.4. The van der Waals surface area contributed by atoms with Crippen LogP contribution in [0.4, 0.5) is 0 Å². The van der Waals surface area contributed by atoms with E-state index < -0.39 is 0 Å². The van der Waals surface area contributed by atoms with Gasteiger partial charge in [-0.3, -0.25) is 9.69 Å². The molecule has 1 amide bonds. The Balaban J connectivity index is 1.56. The maximum atomic E-state index is 12.5. The van der Waals surface area contributed by atoms with Crippen molar-refractivity contribution < 1.29 is 14.6 Å². The third kappa shape index (κ3) is 4.36. The third-order valence-electron chi connectivity index (χ3n) is 5.09. The first kappa shape index (κ1) is 17.9. The third-order valence-corrected chi connectivity index (χ3v) is 5.82. The number of rotatable bonds is 5. The van der Waals surface area contributed by atoms with E-state index in [1.165, 1.54) is 0 Å². The molecular formula is C18H28N2O3S. The maximum Gasteiger partial charge on any atom is 0.227 e. The lowest BCUT2D eigenvalue weighted by molar-refractivity contribution is -0.129. The zero-order valence-electron chi connectivity index (χ0n) is 14.6. The highest BCUT2D eigenvalue weighted by molar-refractivity contribution is 7.07. The number of amides is 1. The van der Waals surface area contributed by atoms with E-state index in [-0.39, 0.29) is 30.6 Å². The summed E-state index contributed by atoms with van der Waals surface area (Å²) in [6.45, 7) is 8.61. The van der Waals surface area contributed by atoms with Crippen molar-refractivity contribution in [2.24, 2.45) is 11.8 Å². The van der Waals surface area contributed by atoms with E-state index in [9.17, 15) is 9.90 Å². The molecule has 5 nitrogen and oxygen atoms in total. The molecule has 3 heterocycles. The lowest BCUT2D eigenvalue weighted by Crippen LogP contribution is -2.48. The van der Waals surface area contributed by atoms with Crippen molar-refractivity contribution in [1.82, 2.24) is 9.80 Å². The van der Waals surface area contributed by atoms with Gasteiger partial charge < -0.3 is 14.7 Å². The van der Waals surface area contributed by atoms with Crippen LogP contribution in [-0.2, 0) is 16.0 Å². The summed E-state index contributed by atoms with van der Waals surface area (Å²) in [5, 5.41) is 13.8. The Kier molecular flexibility index (Phi) is 5.92. The van der Waals surface area contributed by atoms with Gasteiger partial charge in [-0.05, 0) is 42.2 Å². The molecule has 2 saturated heterocycles. The lowest BCUT2D eigenvalue weighted by atomic mass is 9.96. The highest BCUT2D eigenvalue weighted by atomic mass is 32.1. The molecule has 134 valence electrons. The Morgan fingerprint density at radius 3 is 2.58 bits per heavy atom. The molecule has 2 aliphatic rings. The van der Waals surface area contributed by atoms with Crippen LogP contribution in [0.5, 0.6) is 0 Å². The van der Waals surface area contributed by atoms with Crippen LogP contribution >= 0.6 is 11.3 Å². The summed E-state index contributed by atoms with van der Waals surface area (Å²) in [6, 6.07) is 2.01. The second kappa shape index (κ2) is 7.95. The molecule has 0 bridgehead atoms. The van der Waals surface area contributed by atoms with Gasteiger partial charge in [0, 0.05) is 45.2 Å². The zero-order chi connectivity index (χ0) is 17.1. The monoisotopic (exact) mass is 352 g/mol. The maximum absolute atomic E-state index is 12.5. The summed E-state index contributed by atoms with van der Waals surface area (Å²) in [6.07, 6.45) is 0.970. The van der Waals surface area contributed by atoms with Gasteiger partial charge in [0.1, 0.15) is 0 Å². The fourth-order valence-corrected chi connectivity index (χ4v) is 4.67. The fourth-order valence-electron chi connectivity index (χ4n) is 4.00. The standard InChI is InChI=1S/C18H28N2O3S/c1-13-6-19(7-14(2)23-13)8-16-9-20(10-17(16)11-21)18(22)5-15-3-4-24-12-15/h3-4,12-14,16-17,21H,5-11H2,1-2H3/t13-,14+,16-,17-/m1/s1. The Morgan fingerprint density at radius 2 is 1.96 bits per heavy atom. The molecule has 0 unspecified atom stereocenters. The lowest BCUT2D eigenvalue weighted by Gasteiger charge is -2.37. The van der Waals surface area contributed by atoms with Gasteiger partial charge in [0.25, 0.3) is 0 Å². The van der Waals surface area contributed by atoms with Crippen LogP contribution in [0.3, 0.4) is 0 Å². The van der Waals surface area contributed by atoms with Crippen LogP contribution < -0.4 is 0 Å². The van der Waals surface area contributed by atoms with Crippen molar-refractivity contribution in [2.45, 2.75) is 32.5 Å². The summed E-state index contributed by atoms with van der Waals surface area (Å²) in [7, 11) is 0. The molecule has 0 aromatic carbocycles. The minimum Gasteiger partial charge on any atom is -0.396 e. The van der Waals surface area contributed by atoms with Crippen LogP contribution in [0.2, 0.25) is 0 Å². The van der Waals surface area contributed by atoms with Crippen LogP contribution in [0.1, 0.15) is 19.4 Å². The van der Waals surface area contributed by atoms with E-state index in [4.69, 9.17) is 4.74 Å². The van der Waals surface area contributed by atoms with E-state index in [1.54, 1.807) is 11.3 Å². The van der Waals surface area contributed by atoms with E-state index in [0.717, 1.165) is 31.7 Å². The van der Waals surface area contributed by atoms with Crippen molar-refractivity contribution in [1.29, 1.82) is 0 Å². The molecule has 2 fully saturated rings. The number of hydrogen-bond donors (Lipinski definition) is 1. The van der Waals surface area contributed by atoms with Gasteiger partial charge in [-0.1, -0.05) is 0 Å². The predicted molar refractivity (Wildman–Crippen MR) is 95.1 cm³/mol. The van der Waals surface area contributed by atoms with Gasteiger partial charge in [-0.15, -0.1) is 0 Å². The Morgan fingerprint density at radius 1 is 1.25 bits per heavy atom. The topological polar surface area (TPSA) is 53.0 Å². The van der Waals surface area contributed by atoms with Gasteiger partial charge in [0.15, 0.2) is 0 Å². The van der Waals surface area contributed by atoms with E-state index in [2.05, 4.69) is 18.7 Å². The minimum atomic E-state index is 0.155. The van der Waals surface area contributed by atoms with Gasteiger partial charge in [-0.2, -0.15) is 11.3 Å². The second-order valence-electron chi connectivity index (χ2n) is 7.29. The van der Waals surface area contributed by atoms with Crippen LogP contribution in [0, 0.1) is 11.8 Å². The van der Waals surface area contributed by atoms with Gasteiger partial charge in [0.2, 0.25) is 5.91 Å². The average molecular weight is 353 g/mol. The summed E-state index contributed by atoms with van der Waals surface area (Å²) >= 11 is 1.62. The molecule has 0 aliphatic carbocycles. The SMILES string of the molecule is C[C@@H]1CN(C[C@@H]2CN(C(=O)Cc3ccsc3)C[C@@H]2CO)C[C@H](C)O1. The predicted octanol–water partition coefficient (Wildman–Crippen LogP) is 1.47. The first-order valence-electron chi connectivity index (χ1n) is 8.82. The molecule has 6 heteroatoms.